The lowest BCUT2D eigenvalue weighted by molar-refractivity contribution is -0.00952. The molecule has 2 aromatic carbocycles. The van der Waals surface area contributed by atoms with Gasteiger partial charge in [-0.3, -0.25) is 4.90 Å². The Hall–Kier alpha value is -2.43. The topological polar surface area (TPSA) is 48.4 Å². The molecule has 1 fully saturated rings. The molecule has 0 aliphatic carbocycles. The summed E-state index contributed by atoms with van der Waals surface area (Å²) in [6.07, 6.45) is 3.25. The molecule has 2 aromatic rings. The molecule has 2 N–H and O–H groups in total. The monoisotopic (exact) mass is 335 g/mol. The van der Waals surface area contributed by atoms with Crippen LogP contribution in [0.2, 0.25) is 0 Å². The maximum atomic E-state index is 7.73. The molecule has 4 nitrogen and oxygen atoms in total. The van der Waals surface area contributed by atoms with Crippen LogP contribution in [0.4, 0.5) is 0 Å². The molecular weight excluding hydrogens is 310 g/mol. The summed E-state index contributed by atoms with van der Waals surface area (Å²) in [7, 11) is 0. The van der Waals surface area contributed by atoms with Gasteiger partial charge in [0.1, 0.15) is 0 Å². The highest BCUT2D eigenvalue weighted by molar-refractivity contribution is 5.77. The lowest BCUT2D eigenvalue weighted by Gasteiger charge is -2.33. The van der Waals surface area contributed by atoms with Crippen LogP contribution in [-0.2, 0) is 17.8 Å². The predicted molar refractivity (Wildman–Crippen MR) is 102 cm³/mol. The van der Waals surface area contributed by atoms with Gasteiger partial charge in [0.25, 0.3) is 0 Å². The lowest BCUT2D eigenvalue weighted by atomic mass is 10.1. The molecule has 130 valence electrons. The van der Waals surface area contributed by atoms with Gasteiger partial charge in [0.15, 0.2) is 0 Å². The molecule has 0 unspecified atom stereocenters. The van der Waals surface area contributed by atoms with E-state index in [-0.39, 0.29) is 6.10 Å². The first-order valence-electron chi connectivity index (χ1n) is 8.71. The van der Waals surface area contributed by atoms with Crippen LogP contribution in [0.25, 0.3) is 0 Å². The van der Waals surface area contributed by atoms with Gasteiger partial charge in [-0.2, -0.15) is 0 Å². The van der Waals surface area contributed by atoms with Crippen LogP contribution in [0.15, 0.2) is 72.4 Å². The van der Waals surface area contributed by atoms with Crippen molar-refractivity contribution in [1.29, 1.82) is 5.41 Å². The highest BCUT2D eigenvalue weighted by Crippen LogP contribution is 2.15. The second-order valence-corrected chi connectivity index (χ2v) is 6.24. The highest BCUT2D eigenvalue weighted by atomic mass is 16.5. The van der Waals surface area contributed by atoms with Crippen molar-refractivity contribution in [3.05, 3.63) is 83.6 Å². The van der Waals surface area contributed by atoms with E-state index in [4.69, 9.17) is 10.1 Å². The number of hydrogen-bond donors (Lipinski definition) is 2. The van der Waals surface area contributed by atoms with E-state index in [2.05, 4.69) is 46.6 Å². The van der Waals surface area contributed by atoms with Crippen LogP contribution in [0.1, 0.15) is 11.1 Å². The zero-order valence-electron chi connectivity index (χ0n) is 14.4. The van der Waals surface area contributed by atoms with E-state index in [1.165, 1.54) is 17.3 Å². The van der Waals surface area contributed by atoms with Crippen LogP contribution in [0, 0.1) is 5.41 Å². The molecule has 0 bridgehead atoms. The maximum absolute atomic E-state index is 7.73. The van der Waals surface area contributed by atoms with Crippen molar-refractivity contribution in [2.75, 3.05) is 19.7 Å². The van der Waals surface area contributed by atoms with E-state index in [1.54, 1.807) is 0 Å². The van der Waals surface area contributed by atoms with Gasteiger partial charge in [-0.1, -0.05) is 60.7 Å². The summed E-state index contributed by atoms with van der Waals surface area (Å²) >= 11 is 0. The molecule has 0 saturated carbocycles. The van der Waals surface area contributed by atoms with Gasteiger partial charge in [0.2, 0.25) is 0 Å². The number of nitrogens with zero attached hydrogens (tertiary/aromatic N) is 1. The fourth-order valence-electron chi connectivity index (χ4n) is 3.00. The summed E-state index contributed by atoms with van der Waals surface area (Å²) in [4.78, 5) is 2.39. The molecule has 1 aliphatic heterocycles. The van der Waals surface area contributed by atoms with Crippen molar-refractivity contribution in [1.82, 2.24) is 10.2 Å². The molecule has 3 rings (SSSR count). The third-order valence-electron chi connectivity index (χ3n) is 4.36. The number of morpholine rings is 1. The molecule has 0 amide bonds. The van der Waals surface area contributed by atoms with Crippen LogP contribution in [0.5, 0.6) is 0 Å². The standard InChI is InChI=1S/C21H25N3O/c22-13-20(15-23-14-18-7-3-1-4-8-18)21-17-24(11-12-25-21)16-19-9-5-2-6-10-19/h1-10,13,15,21-23H,11-12,14,16-17H2/b20-15+,22-13?/t21-/m1/s1. The van der Waals surface area contributed by atoms with E-state index in [0.717, 1.165) is 31.8 Å². The van der Waals surface area contributed by atoms with Crippen LogP contribution < -0.4 is 5.32 Å². The van der Waals surface area contributed by atoms with Crippen molar-refractivity contribution >= 4 is 6.21 Å². The summed E-state index contributed by atoms with van der Waals surface area (Å²) in [6, 6.07) is 20.7. The number of ether oxygens (including phenoxy) is 1. The van der Waals surface area contributed by atoms with Crippen molar-refractivity contribution < 1.29 is 4.74 Å². The zero-order valence-corrected chi connectivity index (χ0v) is 14.4. The van der Waals surface area contributed by atoms with E-state index in [9.17, 15) is 0 Å². The van der Waals surface area contributed by atoms with E-state index >= 15 is 0 Å². The summed E-state index contributed by atoms with van der Waals surface area (Å²) in [5, 5.41) is 11.0. The second kappa shape index (κ2) is 9.16. The third-order valence-corrected chi connectivity index (χ3v) is 4.36. The van der Waals surface area contributed by atoms with Gasteiger partial charge in [-0.05, 0) is 11.1 Å². The number of hydrogen-bond acceptors (Lipinski definition) is 4. The Morgan fingerprint density at radius 3 is 2.44 bits per heavy atom. The molecule has 1 aliphatic rings. The van der Waals surface area contributed by atoms with Crippen LogP contribution >= 0.6 is 0 Å². The maximum Gasteiger partial charge on any atom is 0.0981 e. The largest absolute Gasteiger partial charge is 0.386 e. The first kappa shape index (κ1) is 17.4. The fraction of sp³-hybridized carbons (Fsp3) is 0.286. The van der Waals surface area contributed by atoms with Gasteiger partial charge in [0.05, 0.1) is 12.7 Å². The molecule has 1 heterocycles. The lowest BCUT2D eigenvalue weighted by Crippen LogP contribution is -2.43. The molecule has 4 heteroatoms. The van der Waals surface area contributed by atoms with E-state index in [0.29, 0.717) is 6.61 Å². The molecular formula is C21H25N3O. The average Bonchev–Trinajstić information content (AvgIpc) is 2.67. The predicted octanol–water partition coefficient (Wildman–Crippen LogP) is 3.21. The number of nitrogens with one attached hydrogen (secondary N) is 2. The Morgan fingerprint density at radius 1 is 1.08 bits per heavy atom. The number of benzene rings is 2. The Morgan fingerprint density at radius 2 is 1.76 bits per heavy atom. The highest BCUT2D eigenvalue weighted by Gasteiger charge is 2.22. The molecule has 0 spiro atoms. The van der Waals surface area contributed by atoms with Gasteiger partial charge in [0, 0.05) is 44.2 Å². The Labute approximate surface area is 149 Å². The first-order valence-corrected chi connectivity index (χ1v) is 8.71. The summed E-state index contributed by atoms with van der Waals surface area (Å²) in [6.45, 7) is 4.10. The SMILES string of the molecule is N=C/C(=C\NCc1ccccc1)[C@H]1CN(Cc2ccccc2)CCO1. The second-order valence-electron chi connectivity index (χ2n) is 6.24. The normalized spacial score (nSPS) is 18.7. The smallest absolute Gasteiger partial charge is 0.0981 e. The Kier molecular flexibility index (Phi) is 6.37. The minimum atomic E-state index is -0.0572. The summed E-state index contributed by atoms with van der Waals surface area (Å²) in [5.41, 5.74) is 3.41. The third kappa shape index (κ3) is 5.28. The minimum Gasteiger partial charge on any atom is -0.386 e. The molecule has 1 saturated heterocycles. The van der Waals surface area contributed by atoms with Gasteiger partial charge in [-0.15, -0.1) is 0 Å². The van der Waals surface area contributed by atoms with E-state index < -0.39 is 0 Å². The summed E-state index contributed by atoms with van der Waals surface area (Å²) < 4.78 is 5.90. The number of rotatable bonds is 7. The Balaban J connectivity index is 1.56. The summed E-state index contributed by atoms with van der Waals surface area (Å²) in [5.74, 6) is 0. The van der Waals surface area contributed by atoms with Crippen LogP contribution in [0.3, 0.4) is 0 Å². The zero-order chi connectivity index (χ0) is 17.3. The Bertz CT molecular complexity index is 685. The molecule has 0 radical (unpaired) electrons. The van der Waals surface area contributed by atoms with Gasteiger partial charge in [-0.25, -0.2) is 0 Å². The molecule has 1 atom stereocenters. The van der Waals surface area contributed by atoms with Crippen molar-refractivity contribution in [2.45, 2.75) is 19.2 Å². The molecule has 25 heavy (non-hydrogen) atoms. The van der Waals surface area contributed by atoms with Crippen molar-refractivity contribution in [3.63, 3.8) is 0 Å². The first-order chi connectivity index (χ1) is 12.3. The van der Waals surface area contributed by atoms with E-state index in [1.807, 2.05) is 30.5 Å². The van der Waals surface area contributed by atoms with Gasteiger partial charge >= 0.3 is 0 Å². The van der Waals surface area contributed by atoms with Crippen LogP contribution in [-0.4, -0.2) is 36.9 Å². The minimum absolute atomic E-state index is 0.0572. The van der Waals surface area contributed by atoms with Gasteiger partial charge < -0.3 is 15.5 Å². The average molecular weight is 335 g/mol. The van der Waals surface area contributed by atoms with Crippen molar-refractivity contribution in [3.8, 4) is 0 Å². The fourth-order valence-corrected chi connectivity index (χ4v) is 3.00. The quantitative estimate of drug-likeness (QED) is 0.764. The van der Waals surface area contributed by atoms with Crippen molar-refractivity contribution in [2.24, 2.45) is 0 Å². The molecule has 0 aromatic heterocycles.